The molecule has 0 aliphatic heterocycles. The third-order valence-corrected chi connectivity index (χ3v) is 4.04. The minimum absolute atomic E-state index is 0.422. The van der Waals surface area contributed by atoms with Gasteiger partial charge in [-0.1, -0.05) is 29.3 Å². The van der Waals surface area contributed by atoms with Crippen molar-refractivity contribution < 1.29 is 4.79 Å². The highest BCUT2D eigenvalue weighted by atomic mass is 35.5. The zero-order valence-corrected chi connectivity index (χ0v) is 13.8. The third-order valence-electron chi connectivity index (χ3n) is 3.30. The van der Waals surface area contributed by atoms with Crippen molar-refractivity contribution in [2.45, 2.75) is 0 Å². The molecule has 0 atom stereocenters. The Morgan fingerprint density at radius 3 is 2.42 bits per heavy atom. The first-order valence-electron chi connectivity index (χ1n) is 6.98. The van der Waals surface area contributed by atoms with Crippen LogP contribution in [0.3, 0.4) is 0 Å². The molecule has 7 heteroatoms. The standard InChI is InChI=1S/C17H12Cl2N4O/c18-13-6-3-11(9-14(13)19)15-7-8-21-17(23-15)22-12-4-1-10(2-5-12)16(20)24/h1-9H,(H2,20,24)(H,21,22,23). The zero-order valence-electron chi connectivity index (χ0n) is 12.3. The van der Waals surface area contributed by atoms with E-state index in [9.17, 15) is 4.79 Å². The van der Waals surface area contributed by atoms with Crippen LogP contribution < -0.4 is 11.1 Å². The number of benzene rings is 2. The fourth-order valence-electron chi connectivity index (χ4n) is 2.08. The SMILES string of the molecule is NC(=O)c1ccc(Nc2nccc(-c3ccc(Cl)c(Cl)c3)n2)cc1. The van der Waals surface area contributed by atoms with Crippen LogP contribution in [-0.4, -0.2) is 15.9 Å². The van der Waals surface area contributed by atoms with Crippen LogP contribution in [0, 0.1) is 0 Å². The van der Waals surface area contributed by atoms with Crippen molar-refractivity contribution in [3.8, 4) is 11.3 Å². The molecule has 1 amide bonds. The van der Waals surface area contributed by atoms with Gasteiger partial charge in [-0.05, 0) is 42.5 Å². The summed E-state index contributed by atoms with van der Waals surface area (Å²) in [6.07, 6.45) is 1.64. The average molecular weight is 359 g/mol. The molecule has 0 unspecified atom stereocenters. The van der Waals surface area contributed by atoms with E-state index in [2.05, 4.69) is 15.3 Å². The van der Waals surface area contributed by atoms with E-state index in [0.717, 1.165) is 11.3 Å². The number of nitrogens with two attached hydrogens (primary N) is 1. The Balaban J connectivity index is 1.84. The lowest BCUT2D eigenvalue weighted by Crippen LogP contribution is -2.10. The predicted octanol–water partition coefficient (Wildman–Crippen LogP) is 4.29. The van der Waals surface area contributed by atoms with Crippen molar-refractivity contribution >= 4 is 40.7 Å². The molecule has 1 heterocycles. The maximum atomic E-state index is 11.1. The maximum absolute atomic E-state index is 11.1. The van der Waals surface area contributed by atoms with E-state index in [1.165, 1.54) is 0 Å². The quantitative estimate of drug-likeness (QED) is 0.728. The highest BCUT2D eigenvalue weighted by Crippen LogP contribution is 2.28. The molecule has 3 rings (SSSR count). The van der Waals surface area contributed by atoms with E-state index in [-0.39, 0.29) is 0 Å². The largest absolute Gasteiger partial charge is 0.366 e. The van der Waals surface area contributed by atoms with Gasteiger partial charge in [0.05, 0.1) is 15.7 Å². The molecule has 24 heavy (non-hydrogen) atoms. The van der Waals surface area contributed by atoms with E-state index in [1.54, 1.807) is 48.7 Å². The van der Waals surface area contributed by atoms with Crippen LogP contribution in [0.5, 0.6) is 0 Å². The molecule has 1 aromatic heterocycles. The Morgan fingerprint density at radius 2 is 1.75 bits per heavy atom. The molecule has 120 valence electrons. The number of amides is 1. The first kappa shape index (κ1) is 16.2. The smallest absolute Gasteiger partial charge is 0.248 e. The molecular weight excluding hydrogens is 347 g/mol. The number of nitrogens with zero attached hydrogens (tertiary/aromatic N) is 2. The minimum Gasteiger partial charge on any atom is -0.366 e. The van der Waals surface area contributed by atoms with Crippen molar-refractivity contribution in [3.63, 3.8) is 0 Å². The lowest BCUT2D eigenvalue weighted by Gasteiger charge is -2.07. The van der Waals surface area contributed by atoms with Gasteiger partial charge in [0.25, 0.3) is 0 Å². The van der Waals surface area contributed by atoms with Crippen molar-refractivity contribution in [2.24, 2.45) is 5.73 Å². The minimum atomic E-state index is -0.473. The highest BCUT2D eigenvalue weighted by molar-refractivity contribution is 6.42. The van der Waals surface area contributed by atoms with Gasteiger partial charge in [0.15, 0.2) is 0 Å². The molecule has 5 nitrogen and oxygen atoms in total. The summed E-state index contributed by atoms with van der Waals surface area (Å²) in [6, 6.07) is 13.8. The van der Waals surface area contributed by atoms with Gasteiger partial charge >= 0.3 is 0 Å². The second-order valence-corrected chi connectivity index (χ2v) is 5.78. The van der Waals surface area contributed by atoms with Gasteiger partial charge in [-0.2, -0.15) is 0 Å². The summed E-state index contributed by atoms with van der Waals surface area (Å²) >= 11 is 12.0. The lowest BCUT2D eigenvalue weighted by atomic mass is 10.1. The number of carbonyl (C=O) groups excluding carboxylic acids is 1. The average Bonchev–Trinajstić information content (AvgIpc) is 2.58. The Hall–Kier alpha value is -2.63. The van der Waals surface area contributed by atoms with Crippen molar-refractivity contribution in [1.29, 1.82) is 0 Å². The van der Waals surface area contributed by atoms with Gasteiger partial charge < -0.3 is 11.1 Å². The van der Waals surface area contributed by atoms with E-state index in [0.29, 0.717) is 27.3 Å². The van der Waals surface area contributed by atoms with Gasteiger partial charge in [-0.3, -0.25) is 4.79 Å². The van der Waals surface area contributed by atoms with E-state index < -0.39 is 5.91 Å². The fourth-order valence-corrected chi connectivity index (χ4v) is 2.38. The Morgan fingerprint density at radius 1 is 1.00 bits per heavy atom. The van der Waals surface area contributed by atoms with Crippen LogP contribution in [0.25, 0.3) is 11.3 Å². The number of anilines is 2. The van der Waals surface area contributed by atoms with E-state index in [4.69, 9.17) is 28.9 Å². The predicted molar refractivity (Wildman–Crippen MR) is 95.7 cm³/mol. The summed E-state index contributed by atoms with van der Waals surface area (Å²) < 4.78 is 0. The second kappa shape index (κ2) is 6.86. The summed E-state index contributed by atoms with van der Waals surface area (Å²) in [4.78, 5) is 19.7. The van der Waals surface area contributed by atoms with Crippen LogP contribution in [0.2, 0.25) is 10.0 Å². The number of hydrogen-bond acceptors (Lipinski definition) is 4. The zero-order chi connectivity index (χ0) is 17.1. The number of nitrogens with one attached hydrogen (secondary N) is 1. The normalized spacial score (nSPS) is 10.4. The highest BCUT2D eigenvalue weighted by Gasteiger charge is 2.06. The number of primary amides is 1. The topological polar surface area (TPSA) is 80.9 Å². The number of hydrogen-bond donors (Lipinski definition) is 2. The number of carbonyl (C=O) groups is 1. The fraction of sp³-hybridized carbons (Fsp3) is 0. The first-order chi connectivity index (χ1) is 11.5. The molecule has 0 radical (unpaired) electrons. The summed E-state index contributed by atoms with van der Waals surface area (Å²) in [5.74, 6) is -0.0511. The molecule has 0 bridgehead atoms. The monoisotopic (exact) mass is 358 g/mol. The molecule has 0 fully saturated rings. The molecule has 0 saturated heterocycles. The van der Waals surface area contributed by atoms with Crippen LogP contribution >= 0.6 is 23.2 Å². The van der Waals surface area contributed by atoms with Gasteiger partial charge in [-0.15, -0.1) is 0 Å². The van der Waals surface area contributed by atoms with Crippen molar-refractivity contribution in [3.05, 3.63) is 70.3 Å². The van der Waals surface area contributed by atoms with Gasteiger partial charge in [0.2, 0.25) is 11.9 Å². The molecular formula is C17H12Cl2N4O. The summed E-state index contributed by atoms with van der Waals surface area (Å²) in [5, 5.41) is 4.02. The summed E-state index contributed by atoms with van der Waals surface area (Å²) in [6.45, 7) is 0. The van der Waals surface area contributed by atoms with Gasteiger partial charge in [0, 0.05) is 23.0 Å². The van der Waals surface area contributed by atoms with Gasteiger partial charge in [-0.25, -0.2) is 9.97 Å². The van der Waals surface area contributed by atoms with Crippen molar-refractivity contribution in [1.82, 2.24) is 9.97 Å². The molecule has 2 aromatic carbocycles. The number of aromatic nitrogens is 2. The van der Waals surface area contributed by atoms with E-state index >= 15 is 0 Å². The van der Waals surface area contributed by atoms with E-state index in [1.807, 2.05) is 6.07 Å². The van der Waals surface area contributed by atoms with Gasteiger partial charge in [0.1, 0.15) is 0 Å². The van der Waals surface area contributed by atoms with Crippen LogP contribution in [0.1, 0.15) is 10.4 Å². The Labute approximate surface area is 148 Å². The van der Waals surface area contributed by atoms with Crippen molar-refractivity contribution in [2.75, 3.05) is 5.32 Å². The van der Waals surface area contributed by atoms with Crippen LogP contribution in [0.4, 0.5) is 11.6 Å². The second-order valence-electron chi connectivity index (χ2n) is 4.96. The molecule has 0 saturated carbocycles. The maximum Gasteiger partial charge on any atom is 0.248 e. The molecule has 3 aromatic rings. The lowest BCUT2D eigenvalue weighted by molar-refractivity contribution is 0.100. The third kappa shape index (κ3) is 3.64. The van der Waals surface area contributed by atoms with Crippen LogP contribution in [0.15, 0.2) is 54.7 Å². The molecule has 0 aliphatic carbocycles. The Kier molecular flexibility index (Phi) is 4.64. The Bertz CT molecular complexity index is 897. The summed E-state index contributed by atoms with van der Waals surface area (Å²) in [7, 11) is 0. The summed E-state index contributed by atoms with van der Waals surface area (Å²) in [5.41, 5.74) is 7.94. The first-order valence-corrected chi connectivity index (χ1v) is 7.74. The van der Waals surface area contributed by atoms with Crippen LogP contribution in [-0.2, 0) is 0 Å². The number of rotatable bonds is 4. The molecule has 0 spiro atoms. The molecule has 0 aliphatic rings. The molecule has 3 N–H and O–H groups in total. The number of halogens is 2.